The number of benzene rings is 2. The Hall–Kier alpha value is -2.63. The van der Waals surface area contributed by atoms with Crippen molar-refractivity contribution in [1.29, 1.82) is 0 Å². The normalized spacial score (nSPS) is 14.1. The lowest BCUT2D eigenvalue weighted by molar-refractivity contribution is -0.137. The highest BCUT2D eigenvalue weighted by atomic mass is 19.4. The number of hydrogen-bond donors (Lipinski definition) is 1. The van der Waals surface area contributed by atoms with Crippen LogP contribution in [0.1, 0.15) is 39.2 Å². The molecule has 0 fully saturated rings. The van der Waals surface area contributed by atoms with Gasteiger partial charge in [-0.3, -0.25) is 0 Å². The molecule has 1 heterocycles. The van der Waals surface area contributed by atoms with Gasteiger partial charge in [-0.05, 0) is 24.5 Å². The van der Waals surface area contributed by atoms with Gasteiger partial charge in [-0.15, -0.1) is 10.2 Å². The molecule has 0 saturated carbocycles. The van der Waals surface area contributed by atoms with Gasteiger partial charge < -0.3 is 5.32 Å². The molecule has 0 bridgehead atoms. The molecule has 148 valence electrons. The van der Waals surface area contributed by atoms with Crippen LogP contribution in [-0.2, 0) is 6.18 Å². The predicted molar refractivity (Wildman–Crippen MR) is 107 cm³/mol. The Morgan fingerprint density at radius 1 is 0.893 bits per heavy atom. The first kappa shape index (κ1) is 20.1. The highest BCUT2D eigenvalue weighted by Gasteiger charge is 2.30. The molecule has 3 nitrogen and oxygen atoms in total. The zero-order valence-electron chi connectivity index (χ0n) is 16.2. The zero-order valence-corrected chi connectivity index (χ0v) is 16.2. The van der Waals surface area contributed by atoms with Gasteiger partial charge in [-0.25, -0.2) is 0 Å². The molecule has 0 aliphatic rings. The number of aromatic nitrogens is 2. The summed E-state index contributed by atoms with van der Waals surface area (Å²) in [4.78, 5) is 0. The number of anilines is 1. The van der Waals surface area contributed by atoms with Crippen molar-refractivity contribution in [3.05, 3.63) is 54.1 Å². The van der Waals surface area contributed by atoms with Crippen molar-refractivity contribution in [1.82, 2.24) is 10.2 Å². The maximum Gasteiger partial charge on any atom is 0.416 e. The molecule has 2 aromatic carbocycles. The zero-order chi connectivity index (χ0) is 20.3. The summed E-state index contributed by atoms with van der Waals surface area (Å²) in [5.74, 6) is 1.19. The molecule has 1 N–H and O–H groups in total. The fourth-order valence-corrected chi connectivity index (χ4v) is 3.35. The molecule has 2 unspecified atom stereocenters. The minimum Gasteiger partial charge on any atom is -0.365 e. The number of rotatable bonds is 6. The van der Waals surface area contributed by atoms with E-state index in [1.165, 1.54) is 12.1 Å². The molecule has 0 spiro atoms. The van der Waals surface area contributed by atoms with Crippen LogP contribution < -0.4 is 5.32 Å². The quantitative estimate of drug-likeness (QED) is 0.521. The SMILES string of the molecule is CCC(C)C(CC)Nc1nnc(-c2ccc(C(F)(F)F)cc2)c2ccccc12. The summed E-state index contributed by atoms with van der Waals surface area (Å²) in [6.45, 7) is 6.50. The maximum atomic E-state index is 12.8. The summed E-state index contributed by atoms with van der Waals surface area (Å²) in [6, 6.07) is 13.0. The van der Waals surface area contributed by atoms with Crippen molar-refractivity contribution < 1.29 is 13.2 Å². The van der Waals surface area contributed by atoms with Gasteiger partial charge in [-0.2, -0.15) is 13.2 Å². The van der Waals surface area contributed by atoms with Crippen LogP contribution in [0.3, 0.4) is 0 Å². The van der Waals surface area contributed by atoms with Gasteiger partial charge in [0.2, 0.25) is 0 Å². The molecule has 6 heteroatoms. The largest absolute Gasteiger partial charge is 0.416 e. The molecule has 28 heavy (non-hydrogen) atoms. The Morgan fingerprint density at radius 3 is 2.11 bits per heavy atom. The lowest BCUT2D eigenvalue weighted by atomic mass is 9.96. The van der Waals surface area contributed by atoms with Crippen LogP contribution in [-0.4, -0.2) is 16.2 Å². The van der Waals surface area contributed by atoms with Crippen LogP contribution in [0.4, 0.5) is 19.0 Å². The molecular weight excluding hydrogens is 363 g/mol. The number of fused-ring (bicyclic) bond motifs is 1. The van der Waals surface area contributed by atoms with Crippen molar-refractivity contribution in [2.24, 2.45) is 5.92 Å². The van der Waals surface area contributed by atoms with Crippen LogP contribution >= 0.6 is 0 Å². The first-order valence-electron chi connectivity index (χ1n) is 9.54. The lowest BCUT2D eigenvalue weighted by Gasteiger charge is -2.24. The van der Waals surface area contributed by atoms with Gasteiger partial charge in [0.05, 0.1) is 5.56 Å². The van der Waals surface area contributed by atoms with Crippen LogP contribution in [0.25, 0.3) is 22.0 Å². The predicted octanol–water partition coefficient (Wildman–Crippen LogP) is 6.55. The third-order valence-corrected chi connectivity index (χ3v) is 5.27. The van der Waals surface area contributed by atoms with E-state index in [2.05, 4.69) is 36.3 Å². The van der Waals surface area contributed by atoms with E-state index in [-0.39, 0.29) is 6.04 Å². The number of hydrogen-bond acceptors (Lipinski definition) is 3. The van der Waals surface area contributed by atoms with Crippen molar-refractivity contribution in [3.63, 3.8) is 0 Å². The highest BCUT2D eigenvalue weighted by Crippen LogP contribution is 2.34. The summed E-state index contributed by atoms with van der Waals surface area (Å²) in [6.07, 6.45) is -2.34. The minimum absolute atomic E-state index is 0.277. The van der Waals surface area contributed by atoms with Crippen LogP contribution in [0.15, 0.2) is 48.5 Å². The molecule has 2 atom stereocenters. The van der Waals surface area contributed by atoms with E-state index < -0.39 is 11.7 Å². The van der Waals surface area contributed by atoms with Gasteiger partial charge in [0, 0.05) is 22.4 Å². The van der Waals surface area contributed by atoms with Crippen molar-refractivity contribution in [3.8, 4) is 11.3 Å². The average molecular weight is 387 g/mol. The number of alkyl halides is 3. The first-order chi connectivity index (χ1) is 13.3. The smallest absolute Gasteiger partial charge is 0.365 e. The van der Waals surface area contributed by atoms with E-state index in [0.29, 0.717) is 23.0 Å². The summed E-state index contributed by atoms with van der Waals surface area (Å²) < 4.78 is 38.5. The number of nitrogens with one attached hydrogen (secondary N) is 1. The molecule has 3 aromatic rings. The van der Waals surface area contributed by atoms with Crippen molar-refractivity contribution in [2.75, 3.05) is 5.32 Å². The van der Waals surface area contributed by atoms with Crippen LogP contribution in [0.5, 0.6) is 0 Å². The average Bonchev–Trinajstić information content (AvgIpc) is 2.70. The maximum absolute atomic E-state index is 12.8. The minimum atomic E-state index is -4.36. The Balaban J connectivity index is 2.03. The second-order valence-corrected chi connectivity index (χ2v) is 7.06. The van der Waals surface area contributed by atoms with Gasteiger partial charge in [0.15, 0.2) is 5.82 Å². The fourth-order valence-electron chi connectivity index (χ4n) is 3.35. The van der Waals surface area contributed by atoms with E-state index in [1.807, 2.05) is 24.3 Å². The lowest BCUT2D eigenvalue weighted by Crippen LogP contribution is -2.27. The third-order valence-electron chi connectivity index (χ3n) is 5.27. The first-order valence-corrected chi connectivity index (χ1v) is 9.54. The molecule has 0 radical (unpaired) electrons. The van der Waals surface area contributed by atoms with Gasteiger partial charge >= 0.3 is 6.18 Å². The molecule has 1 aromatic heterocycles. The summed E-state index contributed by atoms with van der Waals surface area (Å²) in [5.41, 5.74) is 0.509. The number of halogens is 3. The van der Waals surface area contributed by atoms with Crippen molar-refractivity contribution in [2.45, 2.75) is 45.8 Å². The van der Waals surface area contributed by atoms with E-state index in [4.69, 9.17) is 0 Å². The van der Waals surface area contributed by atoms with E-state index in [1.54, 1.807) is 0 Å². The highest BCUT2D eigenvalue weighted by molar-refractivity contribution is 6.00. The van der Waals surface area contributed by atoms with E-state index in [0.717, 1.165) is 35.7 Å². The number of nitrogens with zero attached hydrogens (tertiary/aromatic N) is 2. The Bertz CT molecular complexity index is 936. The molecule has 0 amide bonds. The molecular formula is C22H24F3N3. The van der Waals surface area contributed by atoms with Crippen LogP contribution in [0.2, 0.25) is 0 Å². The summed E-state index contributed by atoms with van der Waals surface area (Å²) in [5, 5.41) is 14.0. The Labute approximate surface area is 163 Å². The molecule has 3 rings (SSSR count). The van der Waals surface area contributed by atoms with E-state index >= 15 is 0 Å². The molecule has 0 saturated heterocycles. The second kappa shape index (κ2) is 8.17. The van der Waals surface area contributed by atoms with Crippen molar-refractivity contribution >= 4 is 16.6 Å². The van der Waals surface area contributed by atoms with Gasteiger partial charge in [0.1, 0.15) is 5.69 Å². The molecule has 0 aliphatic carbocycles. The van der Waals surface area contributed by atoms with Gasteiger partial charge in [-0.1, -0.05) is 63.6 Å². The van der Waals surface area contributed by atoms with Crippen LogP contribution in [0, 0.1) is 5.92 Å². The summed E-state index contributed by atoms with van der Waals surface area (Å²) in [7, 11) is 0. The Morgan fingerprint density at radius 2 is 1.54 bits per heavy atom. The monoisotopic (exact) mass is 387 g/mol. The summed E-state index contributed by atoms with van der Waals surface area (Å²) >= 11 is 0. The molecule has 0 aliphatic heterocycles. The fraction of sp³-hybridized carbons (Fsp3) is 0.364. The Kier molecular flexibility index (Phi) is 5.87. The third kappa shape index (κ3) is 4.11. The van der Waals surface area contributed by atoms with Gasteiger partial charge in [0.25, 0.3) is 0 Å². The second-order valence-electron chi connectivity index (χ2n) is 7.06. The van der Waals surface area contributed by atoms with E-state index in [9.17, 15) is 13.2 Å². The topological polar surface area (TPSA) is 37.8 Å². The standard InChI is InChI=1S/C22H24F3N3/c1-4-14(3)19(5-2)26-21-18-9-7-6-8-17(18)20(27-28-21)15-10-12-16(13-11-15)22(23,24)25/h6-14,19H,4-5H2,1-3H3,(H,26,28).